The largest absolute Gasteiger partial charge is 0.395 e. The molecular weight excluding hydrogens is 234 g/mol. The number of hydrogen-bond acceptors (Lipinski definition) is 5. The van der Waals surface area contributed by atoms with Gasteiger partial charge in [-0.2, -0.15) is 0 Å². The van der Waals surface area contributed by atoms with E-state index in [1.54, 1.807) is 11.3 Å². The topological polar surface area (TPSA) is 62.4 Å². The van der Waals surface area contributed by atoms with Gasteiger partial charge in [0.05, 0.1) is 34.2 Å². The quantitative estimate of drug-likeness (QED) is 0.797. The summed E-state index contributed by atoms with van der Waals surface area (Å²) in [7, 11) is 0. The third kappa shape index (κ3) is 1.66. The van der Waals surface area contributed by atoms with Crippen LogP contribution in [0.4, 0.5) is 11.4 Å². The van der Waals surface area contributed by atoms with Crippen LogP contribution in [0.5, 0.6) is 0 Å². The summed E-state index contributed by atoms with van der Waals surface area (Å²) in [5.41, 5.74) is 10.6. The van der Waals surface area contributed by atoms with Gasteiger partial charge in [0.15, 0.2) is 0 Å². The molecule has 1 aliphatic heterocycles. The van der Waals surface area contributed by atoms with Crippen LogP contribution < -0.4 is 10.6 Å². The lowest BCUT2D eigenvalue weighted by molar-refractivity contribution is 0.266. The van der Waals surface area contributed by atoms with Gasteiger partial charge in [0.25, 0.3) is 0 Å². The van der Waals surface area contributed by atoms with Crippen molar-refractivity contribution in [3.8, 4) is 0 Å². The van der Waals surface area contributed by atoms with Crippen LogP contribution in [0, 0.1) is 0 Å². The van der Waals surface area contributed by atoms with E-state index in [0.717, 1.165) is 41.0 Å². The standard InChI is InChI=1S/C12H15N3OS/c13-11-9(15-5-1-2-8(15)6-16)3-4-10-12(11)14-7-17-10/h3-4,7-8,16H,1-2,5-6,13H2. The molecule has 0 saturated carbocycles. The Hall–Kier alpha value is -1.33. The van der Waals surface area contributed by atoms with E-state index in [1.807, 2.05) is 11.6 Å². The average molecular weight is 249 g/mol. The molecule has 1 aliphatic rings. The molecule has 2 heterocycles. The van der Waals surface area contributed by atoms with Crippen LogP contribution in [0.3, 0.4) is 0 Å². The molecule has 3 N–H and O–H groups in total. The van der Waals surface area contributed by atoms with Gasteiger partial charge in [-0.25, -0.2) is 4.98 Å². The van der Waals surface area contributed by atoms with E-state index in [1.165, 1.54) is 0 Å². The van der Waals surface area contributed by atoms with Crippen molar-refractivity contribution >= 4 is 32.9 Å². The maximum atomic E-state index is 9.37. The molecule has 2 aromatic rings. The van der Waals surface area contributed by atoms with Gasteiger partial charge in [-0.05, 0) is 25.0 Å². The van der Waals surface area contributed by atoms with Gasteiger partial charge in [0, 0.05) is 6.54 Å². The minimum Gasteiger partial charge on any atom is -0.395 e. The van der Waals surface area contributed by atoms with Crippen molar-refractivity contribution in [1.82, 2.24) is 4.98 Å². The van der Waals surface area contributed by atoms with Gasteiger partial charge in [-0.1, -0.05) is 0 Å². The van der Waals surface area contributed by atoms with Crippen LogP contribution in [0.1, 0.15) is 12.8 Å². The number of aliphatic hydroxyl groups is 1. The summed E-state index contributed by atoms with van der Waals surface area (Å²) in [6.07, 6.45) is 2.14. The van der Waals surface area contributed by atoms with Crippen molar-refractivity contribution < 1.29 is 5.11 Å². The van der Waals surface area contributed by atoms with Gasteiger partial charge in [0.1, 0.15) is 5.52 Å². The molecule has 5 heteroatoms. The van der Waals surface area contributed by atoms with Crippen LogP contribution in [0.25, 0.3) is 10.2 Å². The molecular formula is C12H15N3OS. The second-order valence-electron chi connectivity index (χ2n) is 4.37. The fourth-order valence-corrected chi connectivity index (χ4v) is 3.23. The maximum absolute atomic E-state index is 9.37. The van der Waals surface area contributed by atoms with Crippen LogP contribution >= 0.6 is 11.3 Å². The molecule has 0 aliphatic carbocycles. The van der Waals surface area contributed by atoms with Crippen LogP contribution in [0.15, 0.2) is 17.6 Å². The van der Waals surface area contributed by atoms with Crippen LogP contribution in [0.2, 0.25) is 0 Å². The Morgan fingerprint density at radius 1 is 1.53 bits per heavy atom. The third-order valence-electron chi connectivity index (χ3n) is 3.42. The van der Waals surface area contributed by atoms with Gasteiger partial charge in [0.2, 0.25) is 0 Å². The molecule has 17 heavy (non-hydrogen) atoms. The fourth-order valence-electron chi connectivity index (χ4n) is 2.53. The summed E-state index contributed by atoms with van der Waals surface area (Å²) in [5, 5.41) is 9.37. The lowest BCUT2D eigenvalue weighted by Gasteiger charge is -2.26. The molecule has 1 unspecified atom stereocenters. The zero-order chi connectivity index (χ0) is 11.8. The van der Waals surface area contributed by atoms with Crippen molar-refractivity contribution in [1.29, 1.82) is 0 Å². The Labute approximate surface area is 104 Å². The summed E-state index contributed by atoms with van der Waals surface area (Å²) < 4.78 is 1.12. The SMILES string of the molecule is Nc1c(N2CCCC2CO)ccc2scnc12. The third-order valence-corrected chi connectivity index (χ3v) is 4.21. The average Bonchev–Trinajstić information content (AvgIpc) is 2.97. The number of benzene rings is 1. The zero-order valence-corrected chi connectivity index (χ0v) is 10.3. The predicted octanol–water partition coefficient (Wildman–Crippen LogP) is 1.84. The lowest BCUT2D eigenvalue weighted by atomic mass is 10.2. The van der Waals surface area contributed by atoms with Crippen molar-refractivity contribution in [2.24, 2.45) is 0 Å². The smallest absolute Gasteiger partial charge is 0.106 e. The number of hydrogen-bond donors (Lipinski definition) is 2. The lowest BCUT2D eigenvalue weighted by Crippen LogP contribution is -2.32. The molecule has 0 amide bonds. The summed E-state index contributed by atoms with van der Waals surface area (Å²) in [4.78, 5) is 6.51. The fraction of sp³-hybridized carbons (Fsp3) is 0.417. The zero-order valence-electron chi connectivity index (χ0n) is 9.47. The number of nitrogens with two attached hydrogens (primary N) is 1. The monoisotopic (exact) mass is 249 g/mol. The highest BCUT2D eigenvalue weighted by Crippen LogP contribution is 2.35. The van der Waals surface area contributed by atoms with E-state index < -0.39 is 0 Å². The van der Waals surface area contributed by atoms with Crippen molar-refractivity contribution in [2.75, 3.05) is 23.8 Å². The van der Waals surface area contributed by atoms with E-state index in [9.17, 15) is 5.11 Å². The van der Waals surface area contributed by atoms with Gasteiger partial charge >= 0.3 is 0 Å². The summed E-state index contributed by atoms with van der Waals surface area (Å²) >= 11 is 1.60. The number of nitrogens with zero attached hydrogens (tertiary/aromatic N) is 2. The number of fused-ring (bicyclic) bond motifs is 1. The molecule has 1 atom stereocenters. The molecule has 1 fully saturated rings. The highest BCUT2D eigenvalue weighted by molar-refractivity contribution is 7.16. The molecule has 3 rings (SSSR count). The Bertz CT molecular complexity index is 540. The maximum Gasteiger partial charge on any atom is 0.106 e. The van der Waals surface area contributed by atoms with E-state index in [0.29, 0.717) is 0 Å². The second-order valence-corrected chi connectivity index (χ2v) is 5.26. The minimum atomic E-state index is 0.189. The minimum absolute atomic E-state index is 0.189. The van der Waals surface area contributed by atoms with Crippen molar-refractivity contribution in [3.05, 3.63) is 17.6 Å². The number of thiazole rings is 1. The number of rotatable bonds is 2. The molecule has 0 bridgehead atoms. The summed E-state index contributed by atoms with van der Waals surface area (Å²) in [5.74, 6) is 0. The normalized spacial score (nSPS) is 20.3. The summed E-state index contributed by atoms with van der Waals surface area (Å²) in [6.45, 7) is 1.15. The van der Waals surface area contributed by atoms with Gasteiger partial charge in [-0.3, -0.25) is 0 Å². The number of aromatic nitrogens is 1. The Morgan fingerprint density at radius 2 is 2.41 bits per heavy atom. The number of aliphatic hydroxyl groups excluding tert-OH is 1. The first-order valence-electron chi connectivity index (χ1n) is 5.80. The first-order chi connectivity index (χ1) is 8.31. The molecule has 0 spiro atoms. The van der Waals surface area contributed by atoms with E-state index in [-0.39, 0.29) is 12.6 Å². The van der Waals surface area contributed by atoms with Gasteiger partial charge < -0.3 is 15.7 Å². The van der Waals surface area contributed by atoms with Crippen molar-refractivity contribution in [3.63, 3.8) is 0 Å². The molecule has 4 nitrogen and oxygen atoms in total. The van der Waals surface area contributed by atoms with Gasteiger partial charge in [-0.15, -0.1) is 11.3 Å². The summed E-state index contributed by atoms with van der Waals surface area (Å²) in [6, 6.07) is 4.31. The van der Waals surface area contributed by atoms with Crippen LogP contribution in [-0.2, 0) is 0 Å². The highest BCUT2D eigenvalue weighted by Gasteiger charge is 2.26. The molecule has 1 aromatic carbocycles. The number of nitrogen functional groups attached to an aromatic ring is 1. The van der Waals surface area contributed by atoms with Crippen molar-refractivity contribution in [2.45, 2.75) is 18.9 Å². The Morgan fingerprint density at radius 3 is 3.24 bits per heavy atom. The van der Waals surface area contributed by atoms with E-state index >= 15 is 0 Å². The first kappa shape index (κ1) is 10.8. The highest BCUT2D eigenvalue weighted by atomic mass is 32.1. The van der Waals surface area contributed by atoms with E-state index in [2.05, 4.69) is 16.0 Å². The van der Waals surface area contributed by atoms with Crippen LogP contribution in [-0.4, -0.2) is 29.3 Å². The first-order valence-corrected chi connectivity index (χ1v) is 6.68. The predicted molar refractivity (Wildman–Crippen MR) is 71.5 cm³/mol. The molecule has 0 radical (unpaired) electrons. The molecule has 90 valence electrons. The Balaban J connectivity index is 2.07. The van der Waals surface area contributed by atoms with E-state index in [4.69, 9.17) is 5.73 Å². The molecule has 1 saturated heterocycles. The molecule has 1 aromatic heterocycles. The Kier molecular flexibility index (Phi) is 2.64. The second kappa shape index (κ2) is 4.16. The number of anilines is 2.